The van der Waals surface area contributed by atoms with Crippen LogP contribution in [0.15, 0.2) is 241 Å². The fourth-order valence-corrected chi connectivity index (χ4v) is 9.45. The van der Waals surface area contributed by atoms with Crippen LogP contribution in [0.1, 0.15) is 0 Å². The van der Waals surface area contributed by atoms with E-state index in [0.717, 1.165) is 50.1 Å². The molecule has 0 unspecified atom stereocenters. The van der Waals surface area contributed by atoms with Gasteiger partial charge in [-0.2, -0.15) is 0 Å². The molecule has 1 heterocycles. The summed E-state index contributed by atoms with van der Waals surface area (Å²) in [5.74, 6) is 0. The van der Waals surface area contributed by atoms with E-state index in [9.17, 15) is 0 Å². The van der Waals surface area contributed by atoms with Gasteiger partial charge in [0.1, 0.15) is 11.2 Å². The first-order chi connectivity index (χ1) is 30.7. The molecule has 290 valence electrons. The zero-order valence-electron chi connectivity index (χ0n) is 33.9. The molecule has 2 nitrogen and oxygen atoms in total. The molecule has 0 amide bonds. The molecular formula is C60H39NO. The molecule has 0 saturated carbocycles. The number of para-hydroxylation sites is 1. The van der Waals surface area contributed by atoms with Gasteiger partial charge in [-0.15, -0.1) is 0 Å². The van der Waals surface area contributed by atoms with E-state index in [2.05, 4.69) is 241 Å². The van der Waals surface area contributed by atoms with E-state index in [4.69, 9.17) is 4.42 Å². The summed E-state index contributed by atoms with van der Waals surface area (Å²) in [4.78, 5) is 2.37. The van der Waals surface area contributed by atoms with Crippen LogP contribution < -0.4 is 4.90 Å². The van der Waals surface area contributed by atoms with Gasteiger partial charge in [0, 0.05) is 27.5 Å². The predicted molar refractivity (Wildman–Crippen MR) is 263 cm³/mol. The summed E-state index contributed by atoms with van der Waals surface area (Å²) < 4.78 is 6.48. The Balaban J connectivity index is 0.946. The Labute approximate surface area is 360 Å². The molecule has 0 spiro atoms. The third-order valence-electron chi connectivity index (χ3n) is 12.4. The van der Waals surface area contributed by atoms with E-state index in [1.807, 2.05) is 0 Å². The van der Waals surface area contributed by atoms with Gasteiger partial charge in [0.05, 0.1) is 5.69 Å². The molecule has 0 saturated heterocycles. The number of nitrogens with zero attached hydrogens (tertiary/aromatic N) is 1. The third-order valence-corrected chi connectivity index (χ3v) is 12.4. The summed E-state index contributed by atoms with van der Waals surface area (Å²) >= 11 is 0. The molecule has 0 fully saturated rings. The average molecular weight is 790 g/mol. The standard InChI is InChI=1S/C60H39NO/c1-3-14-40(15-4-1)41-26-30-48(31-27-41)61(47-19-5-2-6-20-47)58-33-32-50(52-23-11-12-25-54(52)58)46-29-35-60-57(39-46)56-37-43(28-34-59(56)62-60)42-17-13-18-44(36-42)55-38-45-16-7-8-21-49(45)51-22-9-10-24-53(51)55/h1-39H. The monoisotopic (exact) mass is 789 g/mol. The van der Waals surface area contributed by atoms with E-state index in [1.54, 1.807) is 0 Å². The molecule has 0 aliphatic carbocycles. The van der Waals surface area contributed by atoms with E-state index in [1.165, 1.54) is 65.7 Å². The second-order valence-corrected chi connectivity index (χ2v) is 16.1. The largest absolute Gasteiger partial charge is 0.456 e. The first kappa shape index (κ1) is 35.7. The van der Waals surface area contributed by atoms with Crippen molar-refractivity contribution in [2.24, 2.45) is 0 Å². The molecule has 12 aromatic rings. The van der Waals surface area contributed by atoms with Crippen molar-refractivity contribution >= 4 is 71.3 Å². The lowest BCUT2D eigenvalue weighted by Crippen LogP contribution is -2.10. The molecule has 1 aromatic heterocycles. The van der Waals surface area contributed by atoms with Crippen LogP contribution >= 0.6 is 0 Å². The highest BCUT2D eigenvalue weighted by atomic mass is 16.3. The van der Waals surface area contributed by atoms with Crippen molar-refractivity contribution in [2.45, 2.75) is 0 Å². The molecule has 0 atom stereocenters. The number of anilines is 3. The average Bonchev–Trinajstić information content (AvgIpc) is 3.72. The smallest absolute Gasteiger partial charge is 0.135 e. The van der Waals surface area contributed by atoms with Crippen molar-refractivity contribution in [1.29, 1.82) is 0 Å². The maximum absolute atomic E-state index is 6.48. The Bertz CT molecular complexity index is 3620. The van der Waals surface area contributed by atoms with Gasteiger partial charge in [-0.3, -0.25) is 0 Å². The third kappa shape index (κ3) is 6.12. The molecule has 0 N–H and O–H groups in total. The second-order valence-electron chi connectivity index (χ2n) is 16.1. The quantitative estimate of drug-likeness (QED) is 0.150. The molecule has 0 aliphatic heterocycles. The Morgan fingerprint density at radius 2 is 0.758 bits per heavy atom. The Kier molecular flexibility index (Phi) is 8.53. The molecule has 0 radical (unpaired) electrons. The zero-order valence-corrected chi connectivity index (χ0v) is 33.9. The highest BCUT2D eigenvalue weighted by Crippen LogP contribution is 2.44. The van der Waals surface area contributed by atoms with Gasteiger partial charge < -0.3 is 9.32 Å². The van der Waals surface area contributed by atoms with Crippen LogP contribution in [-0.4, -0.2) is 0 Å². The number of furan rings is 1. The zero-order chi connectivity index (χ0) is 41.0. The fourth-order valence-electron chi connectivity index (χ4n) is 9.45. The second kappa shape index (κ2) is 14.8. The molecule has 0 bridgehead atoms. The van der Waals surface area contributed by atoms with Gasteiger partial charge in [-0.1, -0.05) is 170 Å². The Morgan fingerprint density at radius 3 is 1.52 bits per heavy atom. The van der Waals surface area contributed by atoms with Crippen LogP contribution in [0.4, 0.5) is 17.1 Å². The van der Waals surface area contributed by atoms with Gasteiger partial charge >= 0.3 is 0 Å². The number of hydrogen-bond donors (Lipinski definition) is 0. The number of fused-ring (bicyclic) bond motifs is 7. The van der Waals surface area contributed by atoms with E-state index in [-0.39, 0.29) is 0 Å². The molecule has 11 aromatic carbocycles. The van der Waals surface area contributed by atoms with Crippen LogP contribution in [0.3, 0.4) is 0 Å². The van der Waals surface area contributed by atoms with Gasteiger partial charge in [0.2, 0.25) is 0 Å². The minimum atomic E-state index is 0.882. The first-order valence-electron chi connectivity index (χ1n) is 21.2. The number of hydrogen-bond acceptors (Lipinski definition) is 2. The summed E-state index contributed by atoms with van der Waals surface area (Å²) in [6.45, 7) is 0. The van der Waals surface area contributed by atoms with Gasteiger partial charge in [-0.25, -0.2) is 0 Å². The molecule has 62 heavy (non-hydrogen) atoms. The molecule has 2 heteroatoms. The van der Waals surface area contributed by atoms with Crippen LogP contribution in [-0.2, 0) is 0 Å². The van der Waals surface area contributed by atoms with E-state index in [0.29, 0.717) is 0 Å². The molecule has 0 aliphatic rings. The van der Waals surface area contributed by atoms with Crippen molar-refractivity contribution in [1.82, 2.24) is 0 Å². The van der Waals surface area contributed by atoms with Crippen LogP contribution in [0.2, 0.25) is 0 Å². The summed E-state index contributed by atoms with van der Waals surface area (Å²) in [6.07, 6.45) is 0. The lowest BCUT2D eigenvalue weighted by Gasteiger charge is -2.27. The lowest BCUT2D eigenvalue weighted by molar-refractivity contribution is 0.669. The highest BCUT2D eigenvalue weighted by Gasteiger charge is 2.19. The molecular weight excluding hydrogens is 751 g/mol. The molecule has 12 rings (SSSR count). The van der Waals surface area contributed by atoms with Crippen LogP contribution in [0.25, 0.3) is 98.8 Å². The maximum atomic E-state index is 6.48. The van der Waals surface area contributed by atoms with Crippen LogP contribution in [0.5, 0.6) is 0 Å². The van der Waals surface area contributed by atoms with Crippen molar-refractivity contribution in [3.8, 4) is 44.5 Å². The first-order valence-corrected chi connectivity index (χ1v) is 21.2. The highest BCUT2D eigenvalue weighted by molar-refractivity contribution is 6.14. The van der Waals surface area contributed by atoms with Gasteiger partial charge in [0.15, 0.2) is 0 Å². The Hall–Kier alpha value is -8.20. The topological polar surface area (TPSA) is 16.4 Å². The van der Waals surface area contributed by atoms with Crippen molar-refractivity contribution in [2.75, 3.05) is 4.90 Å². The summed E-state index contributed by atoms with van der Waals surface area (Å²) in [6, 6.07) is 85.4. The van der Waals surface area contributed by atoms with Gasteiger partial charge in [-0.05, 0) is 138 Å². The summed E-state index contributed by atoms with van der Waals surface area (Å²) in [5, 5.41) is 9.65. The van der Waals surface area contributed by atoms with Crippen molar-refractivity contribution in [3.63, 3.8) is 0 Å². The number of benzene rings is 11. The van der Waals surface area contributed by atoms with Crippen molar-refractivity contribution < 1.29 is 4.42 Å². The van der Waals surface area contributed by atoms with Crippen molar-refractivity contribution in [3.05, 3.63) is 237 Å². The Morgan fingerprint density at radius 1 is 0.258 bits per heavy atom. The SMILES string of the molecule is c1ccc(-c2ccc(N(c3ccccc3)c3ccc(-c4ccc5oc6ccc(-c7cccc(-c8cc9ccccc9c9ccccc89)c7)cc6c5c4)c4ccccc34)cc2)cc1. The minimum absolute atomic E-state index is 0.882. The summed E-state index contributed by atoms with van der Waals surface area (Å²) in [7, 11) is 0. The predicted octanol–water partition coefficient (Wildman–Crippen LogP) is 17.2. The lowest BCUT2D eigenvalue weighted by atomic mass is 9.91. The van der Waals surface area contributed by atoms with Gasteiger partial charge in [0.25, 0.3) is 0 Å². The number of rotatable bonds is 7. The van der Waals surface area contributed by atoms with E-state index < -0.39 is 0 Å². The normalized spacial score (nSPS) is 11.5. The van der Waals surface area contributed by atoms with Crippen LogP contribution in [0, 0.1) is 0 Å². The maximum Gasteiger partial charge on any atom is 0.135 e. The minimum Gasteiger partial charge on any atom is -0.456 e. The summed E-state index contributed by atoms with van der Waals surface area (Å²) in [5.41, 5.74) is 14.6. The van der Waals surface area contributed by atoms with E-state index >= 15 is 0 Å². The fraction of sp³-hybridized carbons (Fsp3) is 0.